The van der Waals surface area contributed by atoms with Gasteiger partial charge in [-0.15, -0.1) is 0 Å². The second-order valence-electron chi connectivity index (χ2n) is 7.71. The van der Waals surface area contributed by atoms with E-state index in [4.69, 9.17) is 11.6 Å². The van der Waals surface area contributed by atoms with Crippen molar-refractivity contribution in [3.63, 3.8) is 0 Å². The molecule has 0 amide bonds. The molecule has 8 heteroatoms. The number of fused-ring (bicyclic) bond motifs is 1. The van der Waals surface area contributed by atoms with E-state index in [9.17, 15) is 14.7 Å². The summed E-state index contributed by atoms with van der Waals surface area (Å²) < 4.78 is 0. The Morgan fingerprint density at radius 2 is 1.90 bits per heavy atom. The van der Waals surface area contributed by atoms with E-state index >= 15 is 0 Å². The Balaban J connectivity index is 1.67. The predicted molar refractivity (Wildman–Crippen MR) is 121 cm³/mol. The van der Waals surface area contributed by atoms with E-state index in [1.807, 2.05) is 24.3 Å². The molecule has 2 unspecified atom stereocenters. The van der Waals surface area contributed by atoms with Gasteiger partial charge in [0.25, 0.3) is 0 Å². The molecular formula is C22H24ClN3O3S. The number of halogens is 1. The average Bonchev–Trinajstić information content (AvgIpc) is 3.09. The molecule has 2 aromatic carbocycles. The lowest BCUT2D eigenvalue weighted by Crippen LogP contribution is -2.47. The van der Waals surface area contributed by atoms with Crippen molar-refractivity contribution in [3.8, 4) is 0 Å². The molecule has 158 valence electrons. The first-order valence-corrected chi connectivity index (χ1v) is 11.3. The summed E-state index contributed by atoms with van der Waals surface area (Å²) >= 11 is 7.50. The van der Waals surface area contributed by atoms with Crippen LogP contribution < -0.4 is 16.0 Å². The van der Waals surface area contributed by atoms with Gasteiger partial charge >= 0.3 is 5.97 Å². The highest BCUT2D eigenvalue weighted by Gasteiger charge is 2.45. The number of carbonyl (C=O) groups is 2. The summed E-state index contributed by atoms with van der Waals surface area (Å²) in [5.41, 5.74) is 2.22. The number of carbonyl (C=O) groups excluding carboxylic acids is 1. The Labute approximate surface area is 184 Å². The number of hydrogen-bond donors (Lipinski definition) is 4. The molecule has 1 saturated heterocycles. The smallest absolute Gasteiger partial charge is 0.308 e. The van der Waals surface area contributed by atoms with Crippen LogP contribution in [0.4, 0.5) is 11.4 Å². The first kappa shape index (κ1) is 21.0. The lowest BCUT2D eigenvalue weighted by Gasteiger charge is -2.37. The molecule has 4 N–H and O–H groups in total. The number of piperidine rings is 1. The number of hydrogen-bond acceptors (Lipinski definition) is 6. The van der Waals surface area contributed by atoms with Gasteiger partial charge in [-0.05, 0) is 56.1 Å². The Bertz CT molecular complexity index is 924. The SMILES string of the molecule is O=C(O)CC1(SC(C(=O)c2cccc(Cl)c2)C2CCCNC2)Nc2ccccc2N1. The number of thioether (sulfide) groups is 1. The molecule has 0 radical (unpaired) electrons. The van der Waals surface area contributed by atoms with Gasteiger partial charge < -0.3 is 21.1 Å². The first-order chi connectivity index (χ1) is 14.5. The van der Waals surface area contributed by atoms with E-state index in [1.165, 1.54) is 11.8 Å². The summed E-state index contributed by atoms with van der Waals surface area (Å²) in [7, 11) is 0. The molecule has 30 heavy (non-hydrogen) atoms. The van der Waals surface area contributed by atoms with Crippen LogP contribution in [0, 0.1) is 5.92 Å². The quantitative estimate of drug-likeness (QED) is 0.472. The molecule has 1 fully saturated rings. The Kier molecular flexibility index (Phi) is 6.22. The molecule has 2 aliphatic heterocycles. The van der Waals surface area contributed by atoms with Crippen molar-refractivity contribution in [2.45, 2.75) is 29.5 Å². The zero-order valence-corrected chi connectivity index (χ0v) is 17.9. The summed E-state index contributed by atoms with van der Waals surface area (Å²) in [6, 6.07) is 14.6. The number of rotatable bonds is 7. The van der Waals surface area contributed by atoms with E-state index in [1.54, 1.807) is 24.3 Å². The van der Waals surface area contributed by atoms with E-state index in [0.717, 1.165) is 37.3 Å². The normalized spacial score (nSPS) is 20.5. The topological polar surface area (TPSA) is 90.5 Å². The van der Waals surface area contributed by atoms with Crippen LogP contribution in [0.3, 0.4) is 0 Å². The molecule has 2 atom stereocenters. The summed E-state index contributed by atoms with van der Waals surface area (Å²) in [4.78, 5) is 24.3. The van der Waals surface area contributed by atoms with Crippen molar-refractivity contribution in [2.24, 2.45) is 5.92 Å². The highest BCUT2D eigenvalue weighted by Crippen LogP contribution is 2.46. The van der Waals surface area contributed by atoms with Crippen LogP contribution in [-0.2, 0) is 4.79 Å². The van der Waals surface area contributed by atoms with Crippen LogP contribution in [0.5, 0.6) is 0 Å². The zero-order chi connectivity index (χ0) is 21.1. The molecule has 0 aliphatic carbocycles. The van der Waals surface area contributed by atoms with Crippen LogP contribution in [0.15, 0.2) is 48.5 Å². The van der Waals surface area contributed by atoms with Crippen LogP contribution in [-0.4, -0.2) is 40.2 Å². The predicted octanol–water partition coefficient (Wildman–Crippen LogP) is 4.29. The summed E-state index contributed by atoms with van der Waals surface area (Å²) in [6.07, 6.45) is 1.72. The minimum Gasteiger partial charge on any atom is -0.481 e. The van der Waals surface area contributed by atoms with Crippen LogP contribution in [0.1, 0.15) is 29.6 Å². The maximum Gasteiger partial charge on any atom is 0.308 e. The number of benzene rings is 2. The Hall–Kier alpha value is -2.22. The number of carboxylic acid groups (broad SMARTS) is 1. The molecule has 0 bridgehead atoms. The van der Waals surface area contributed by atoms with Crippen LogP contribution in [0.2, 0.25) is 5.02 Å². The number of Topliss-reactive ketones (excluding diaryl/α,β-unsaturated/α-hetero) is 1. The van der Waals surface area contributed by atoms with E-state index in [-0.39, 0.29) is 18.1 Å². The highest BCUT2D eigenvalue weighted by atomic mass is 35.5. The van der Waals surface area contributed by atoms with Gasteiger partial charge in [-0.25, -0.2) is 0 Å². The monoisotopic (exact) mass is 445 g/mol. The van der Waals surface area contributed by atoms with Crippen LogP contribution >= 0.6 is 23.4 Å². The maximum atomic E-state index is 13.6. The van der Waals surface area contributed by atoms with Gasteiger partial charge in [-0.1, -0.05) is 47.6 Å². The minimum absolute atomic E-state index is 0.0273. The highest BCUT2D eigenvalue weighted by molar-refractivity contribution is 8.02. The number of anilines is 2. The third-order valence-corrected chi connectivity index (χ3v) is 7.30. The second kappa shape index (κ2) is 8.88. The fourth-order valence-corrected chi connectivity index (χ4v) is 5.93. The lowest BCUT2D eigenvalue weighted by atomic mass is 9.91. The van der Waals surface area contributed by atoms with Crippen molar-refractivity contribution >= 4 is 46.5 Å². The number of carboxylic acids is 1. The molecule has 2 aromatic rings. The van der Waals surface area contributed by atoms with Gasteiger partial charge in [-0.2, -0.15) is 0 Å². The first-order valence-electron chi connectivity index (χ1n) is 10.0. The molecular weight excluding hydrogens is 422 g/mol. The Morgan fingerprint density at radius 1 is 1.17 bits per heavy atom. The van der Waals surface area contributed by atoms with Crippen molar-refractivity contribution in [1.82, 2.24) is 5.32 Å². The van der Waals surface area contributed by atoms with Gasteiger partial charge in [0.05, 0.1) is 23.0 Å². The number of nitrogens with one attached hydrogen (secondary N) is 3. The largest absolute Gasteiger partial charge is 0.481 e. The fourth-order valence-electron chi connectivity index (χ4n) is 4.09. The second-order valence-corrected chi connectivity index (χ2v) is 9.59. The third-order valence-electron chi connectivity index (χ3n) is 5.46. The zero-order valence-electron chi connectivity index (χ0n) is 16.4. The minimum atomic E-state index is -1.01. The lowest BCUT2D eigenvalue weighted by molar-refractivity contribution is -0.137. The number of aliphatic carboxylic acids is 1. The third kappa shape index (κ3) is 4.58. The molecule has 4 rings (SSSR count). The number of para-hydroxylation sites is 2. The van der Waals surface area contributed by atoms with E-state index in [0.29, 0.717) is 10.6 Å². The molecule has 6 nitrogen and oxygen atoms in total. The standard InChI is InChI=1S/C22H24ClN3O3S/c23-16-7-3-5-14(11-16)20(29)21(15-6-4-10-24-13-15)30-22(12-19(27)28)25-17-8-1-2-9-18(17)26-22/h1-3,5,7-9,11,15,21,24-26H,4,6,10,12-13H2,(H,27,28). The van der Waals surface area contributed by atoms with Gasteiger partial charge in [-0.3, -0.25) is 9.59 Å². The molecule has 2 aliphatic rings. The molecule has 0 aromatic heterocycles. The molecule has 2 heterocycles. The number of ketones is 1. The van der Waals surface area contributed by atoms with Crippen LogP contribution in [0.25, 0.3) is 0 Å². The van der Waals surface area contributed by atoms with Gasteiger partial charge in [0.1, 0.15) is 0 Å². The van der Waals surface area contributed by atoms with Gasteiger partial charge in [0, 0.05) is 10.6 Å². The van der Waals surface area contributed by atoms with Crippen molar-refractivity contribution < 1.29 is 14.7 Å². The molecule has 0 spiro atoms. The van der Waals surface area contributed by atoms with Gasteiger partial charge in [0.15, 0.2) is 10.8 Å². The fraction of sp³-hybridized carbons (Fsp3) is 0.364. The summed E-state index contributed by atoms with van der Waals surface area (Å²) in [5.74, 6) is -0.875. The van der Waals surface area contributed by atoms with Crippen molar-refractivity contribution in [2.75, 3.05) is 23.7 Å². The van der Waals surface area contributed by atoms with Crippen molar-refractivity contribution in [1.29, 1.82) is 0 Å². The van der Waals surface area contributed by atoms with E-state index in [2.05, 4.69) is 16.0 Å². The molecule has 0 saturated carbocycles. The van der Waals surface area contributed by atoms with Crippen molar-refractivity contribution in [3.05, 3.63) is 59.1 Å². The summed E-state index contributed by atoms with van der Waals surface area (Å²) in [5, 5.41) is 19.8. The Morgan fingerprint density at radius 3 is 2.50 bits per heavy atom. The van der Waals surface area contributed by atoms with E-state index < -0.39 is 16.2 Å². The maximum absolute atomic E-state index is 13.6. The average molecular weight is 446 g/mol. The van der Waals surface area contributed by atoms with Gasteiger partial charge in [0.2, 0.25) is 0 Å². The summed E-state index contributed by atoms with van der Waals surface area (Å²) in [6.45, 7) is 1.65.